The number of nitrogens with one attached hydrogen (secondary N) is 1. The van der Waals surface area contributed by atoms with Crippen LogP contribution in [0.1, 0.15) is 17.4 Å². The Bertz CT molecular complexity index is 685. The lowest BCUT2D eigenvalue weighted by molar-refractivity contribution is -0.127. The highest BCUT2D eigenvalue weighted by Gasteiger charge is 2.12. The molecule has 1 aromatic heterocycles. The fourth-order valence-electron chi connectivity index (χ4n) is 1.91. The smallest absolute Gasteiger partial charge is 0.354 e. The number of aromatic carboxylic acids is 1. The van der Waals surface area contributed by atoms with Gasteiger partial charge in [-0.3, -0.25) is 4.79 Å². The summed E-state index contributed by atoms with van der Waals surface area (Å²) < 4.78 is 0. The number of fused-ring (bicyclic) bond motifs is 1. The summed E-state index contributed by atoms with van der Waals surface area (Å²) in [5.41, 5.74) is -0.0486. The van der Waals surface area contributed by atoms with E-state index in [1.54, 1.807) is 11.9 Å². The number of rotatable bonds is 5. The predicted molar refractivity (Wildman–Crippen MR) is 80.5 cm³/mol. The minimum absolute atomic E-state index is 0.0486. The first-order chi connectivity index (χ1) is 10.0. The maximum absolute atomic E-state index is 11.8. The molecule has 1 heterocycles. The molecule has 2 rings (SSSR count). The van der Waals surface area contributed by atoms with E-state index in [-0.39, 0.29) is 18.1 Å². The van der Waals surface area contributed by atoms with Crippen molar-refractivity contribution in [3.63, 3.8) is 0 Å². The quantitative estimate of drug-likeness (QED) is 0.876. The first-order valence-corrected chi connectivity index (χ1v) is 6.64. The van der Waals surface area contributed by atoms with Gasteiger partial charge >= 0.3 is 5.97 Å². The van der Waals surface area contributed by atoms with Crippen LogP contribution in [0.25, 0.3) is 10.8 Å². The SMILES string of the molecule is CCN(C)C(=O)CNc1nc(C(=O)O)cc2ccccc12. The third kappa shape index (κ3) is 3.28. The summed E-state index contributed by atoms with van der Waals surface area (Å²) >= 11 is 0. The molecule has 0 aliphatic rings. The highest BCUT2D eigenvalue weighted by Crippen LogP contribution is 2.22. The number of aromatic nitrogens is 1. The van der Waals surface area contributed by atoms with Crippen LogP contribution in [0.2, 0.25) is 0 Å². The molecule has 0 aliphatic carbocycles. The average Bonchev–Trinajstić information content (AvgIpc) is 2.50. The van der Waals surface area contributed by atoms with Crippen LogP contribution in [-0.2, 0) is 4.79 Å². The highest BCUT2D eigenvalue weighted by atomic mass is 16.4. The molecular weight excluding hydrogens is 270 g/mol. The molecule has 2 aromatic rings. The van der Waals surface area contributed by atoms with Crippen LogP contribution in [0, 0.1) is 0 Å². The van der Waals surface area contributed by atoms with Crippen LogP contribution in [0.3, 0.4) is 0 Å². The van der Waals surface area contributed by atoms with E-state index in [9.17, 15) is 9.59 Å². The Hall–Kier alpha value is -2.63. The summed E-state index contributed by atoms with van der Waals surface area (Å²) in [5, 5.41) is 13.6. The second-order valence-electron chi connectivity index (χ2n) is 4.64. The van der Waals surface area contributed by atoms with Crippen molar-refractivity contribution in [1.82, 2.24) is 9.88 Å². The number of benzene rings is 1. The van der Waals surface area contributed by atoms with Crippen LogP contribution >= 0.6 is 0 Å². The van der Waals surface area contributed by atoms with Gasteiger partial charge in [0.1, 0.15) is 5.82 Å². The van der Waals surface area contributed by atoms with Gasteiger partial charge in [0, 0.05) is 19.0 Å². The first-order valence-electron chi connectivity index (χ1n) is 6.64. The van der Waals surface area contributed by atoms with Crippen molar-refractivity contribution in [2.45, 2.75) is 6.92 Å². The molecule has 0 unspecified atom stereocenters. The van der Waals surface area contributed by atoms with Gasteiger partial charge in [-0.15, -0.1) is 0 Å². The summed E-state index contributed by atoms with van der Waals surface area (Å²) in [6.45, 7) is 2.57. The van der Waals surface area contributed by atoms with Gasteiger partial charge in [-0.05, 0) is 18.4 Å². The molecule has 6 nitrogen and oxygen atoms in total. The molecule has 1 aromatic carbocycles. The maximum Gasteiger partial charge on any atom is 0.354 e. The van der Waals surface area contributed by atoms with Crippen LogP contribution in [0.4, 0.5) is 5.82 Å². The molecule has 0 saturated carbocycles. The van der Waals surface area contributed by atoms with E-state index in [4.69, 9.17) is 5.11 Å². The van der Waals surface area contributed by atoms with Crippen molar-refractivity contribution in [1.29, 1.82) is 0 Å². The normalized spacial score (nSPS) is 10.4. The largest absolute Gasteiger partial charge is 0.477 e. The molecule has 0 bridgehead atoms. The third-order valence-electron chi connectivity index (χ3n) is 3.27. The summed E-state index contributed by atoms with van der Waals surface area (Å²) in [5.74, 6) is -0.770. The fraction of sp³-hybridized carbons (Fsp3) is 0.267. The fourth-order valence-corrected chi connectivity index (χ4v) is 1.91. The number of hydrogen-bond donors (Lipinski definition) is 2. The zero-order chi connectivity index (χ0) is 15.4. The Labute approximate surface area is 122 Å². The van der Waals surface area contributed by atoms with Crippen molar-refractivity contribution in [3.05, 3.63) is 36.0 Å². The Balaban J connectivity index is 2.33. The standard InChI is InChI=1S/C15H17N3O3/c1-3-18(2)13(19)9-16-14-11-7-5-4-6-10(11)8-12(17-14)15(20)21/h4-8H,3,9H2,1-2H3,(H,16,17)(H,20,21). The van der Waals surface area contributed by atoms with Crippen molar-refractivity contribution >= 4 is 28.5 Å². The molecule has 2 N–H and O–H groups in total. The van der Waals surface area contributed by atoms with Gasteiger partial charge in [0.15, 0.2) is 5.69 Å². The second-order valence-corrected chi connectivity index (χ2v) is 4.64. The number of pyridine rings is 1. The molecule has 0 fully saturated rings. The minimum Gasteiger partial charge on any atom is -0.477 e. The molecule has 1 amide bonds. The minimum atomic E-state index is -1.10. The highest BCUT2D eigenvalue weighted by molar-refractivity contribution is 5.98. The molecule has 21 heavy (non-hydrogen) atoms. The predicted octanol–water partition coefficient (Wildman–Crippen LogP) is 1.82. The van der Waals surface area contributed by atoms with Gasteiger partial charge in [0.2, 0.25) is 5.91 Å². The lowest BCUT2D eigenvalue weighted by Crippen LogP contribution is -2.32. The van der Waals surface area contributed by atoms with Gasteiger partial charge in [-0.1, -0.05) is 24.3 Å². The number of carboxylic acid groups (broad SMARTS) is 1. The summed E-state index contributed by atoms with van der Waals surface area (Å²) in [6, 6.07) is 8.84. The molecule has 6 heteroatoms. The van der Waals surface area contributed by atoms with E-state index in [1.165, 1.54) is 6.07 Å². The van der Waals surface area contributed by atoms with E-state index >= 15 is 0 Å². The third-order valence-corrected chi connectivity index (χ3v) is 3.27. The Morgan fingerprint density at radius 1 is 1.33 bits per heavy atom. The maximum atomic E-state index is 11.8. The van der Waals surface area contributed by atoms with Gasteiger partial charge in [-0.2, -0.15) is 0 Å². The Kier molecular flexibility index (Phi) is 4.37. The lowest BCUT2D eigenvalue weighted by atomic mass is 10.1. The Morgan fingerprint density at radius 3 is 2.71 bits per heavy atom. The molecule has 0 aliphatic heterocycles. The van der Waals surface area contributed by atoms with E-state index in [2.05, 4.69) is 10.3 Å². The van der Waals surface area contributed by atoms with Crippen molar-refractivity contribution in [2.24, 2.45) is 0 Å². The summed E-state index contributed by atoms with van der Waals surface area (Å²) in [7, 11) is 1.71. The monoisotopic (exact) mass is 287 g/mol. The Morgan fingerprint density at radius 2 is 2.05 bits per heavy atom. The zero-order valence-corrected chi connectivity index (χ0v) is 12.0. The van der Waals surface area contributed by atoms with Crippen LogP contribution in [-0.4, -0.2) is 47.0 Å². The van der Waals surface area contributed by atoms with E-state index < -0.39 is 5.97 Å². The van der Waals surface area contributed by atoms with Gasteiger partial charge in [0.25, 0.3) is 0 Å². The number of carboxylic acids is 1. The van der Waals surface area contributed by atoms with Gasteiger partial charge in [0.05, 0.1) is 6.54 Å². The molecule has 0 spiro atoms. The summed E-state index contributed by atoms with van der Waals surface area (Å²) in [6.07, 6.45) is 0. The van der Waals surface area contributed by atoms with Crippen molar-refractivity contribution in [2.75, 3.05) is 25.5 Å². The number of anilines is 1. The van der Waals surface area contributed by atoms with Crippen LogP contribution in [0.5, 0.6) is 0 Å². The van der Waals surface area contributed by atoms with Gasteiger partial charge < -0.3 is 15.3 Å². The molecule has 110 valence electrons. The lowest BCUT2D eigenvalue weighted by Gasteiger charge is -2.16. The molecular formula is C15H17N3O3. The number of likely N-dealkylation sites (N-methyl/N-ethyl adjacent to an activating group) is 1. The van der Waals surface area contributed by atoms with Crippen molar-refractivity contribution in [3.8, 4) is 0 Å². The topological polar surface area (TPSA) is 82.5 Å². The van der Waals surface area contributed by atoms with Crippen LogP contribution < -0.4 is 5.32 Å². The molecule has 0 radical (unpaired) electrons. The number of nitrogens with zero attached hydrogens (tertiary/aromatic N) is 2. The van der Waals surface area contributed by atoms with E-state index in [0.29, 0.717) is 12.4 Å². The number of hydrogen-bond acceptors (Lipinski definition) is 4. The first kappa shape index (κ1) is 14.8. The van der Waals surface area contributed by atoms with Crippen LogP contribution in [0.15, 0.2) is 30.3 Å². The molecule has 0 atom stereocenters. The zero-order valence-electron chi connectivity index (χ0n) is 12.0. The number of carbonyl (C=O) groups is 2. The van der Waals surface area contributed by atoms with E-state index in [0.717, 1.165) is 10.8 Å². The average molecular weight is 287 g/mol. The van der Waals surface area contributed by atoms with Gasteiger partial charge in [-0.25, -0.2) is 9.78 Å². The van der Waals surface area contributed by atoms with E-state index in [1.807, 2.05) is 31.2 Å². The second kappa shape index (κ2) is 6.21. The summed E-state index contributed by atoms with van der Waals surface area (Å²) in [4.78, 5) is 28.6. The number of amides is 1. The molecule has 0 saturated heterocycles. The van der Waals surface area contributed by atoms with Crippen molar-refractivity contribution < 1.29 is 14.7 Å². The number of carbonyl (C=O) groups excluding carboxylic acids is 1.